The van der Waals surface area contributed by atoms with Gasteiger partial charge in [-0.1, -0.05) is 38.8 Å². The number of carbonyl (C=O) groups excluding carboxylic acids is 1. The van der Waals surface area contributed by atoms with E-state index in [0.717, 1.165) is 32.3 Å². The number of hydrogen-bond donors (Lipinski definition) is 0. The van der Waals surface area contributed by atoms with Crippen molar-refractivity contribution >= 4 is 5.97 Å². The summed E-state index contributed by atoms with van der Waals surface area (Å²) in [6, 6.07) is 4.72. The predicted octanol–water partition coefficient (Wildman–Crippen LogP) is 8.06. The predicted molar refractivity (Wildman–Crippen MR) is 138 cm³/mol. The molecule has 5 rings (SSSR count). The van der Waals surface area contributed by atoms with Crippen molar-refractivity contribution in [3.05, 3.63) is 57.9 Å². The molecule has 0 N–H and O–H groups in total. The molecule has 2 aromatic carbocycles. The van der Waals surface area contributed by atoms with Crippen LogP contribution in [0.2, 0.25) is 0 Å². The van der Waals surface area contributed by atoms with Crippen LogP contribution in [0.15, 0.2) is 18.2 Å². The van der Waals surface area contributed by atoms with Gasteiger partial charge in [-0.05, 0) is 74.8 Å². The fraction of sp³-hybridized carbons (Fsp3) is 0.581. The Balaban J connectivity index is 1.22. The van der Waals surface area contributed by atoms with Crippen LogP contribution in [-0.2, 0) is 22.3 Å². The Hall–Kier alpha value is -2.54. The van der Waals surface area contributed by atoms with Crippen LogP contribution in [0.4, 0.5) is 13.2 Å². The summed E-state index contributed by atoms with van der Waals surface area (Å²) < 4.78 is 62.3. The topological polar surface area (TPSA) is 44.8 Å². The van der Waals surface area contributed by atoms with Crippen LogP contribution in [0.1, 0.15) is 98.7 Å². The number of halogens is 3. The van der Waals surface area contributed by atoms with E-state index in [9.17, 15) is 13.6 Å². The fourth-order valence-electron chi connectivity index (χ4n) is 6.34. The number of ether oxygens (including phenoxy) is 3. The van der Waals surface area contributed by atoms with Gasteiger partial charge in [0.25, 0.3) is 0 Å². The zero-order valence-corrected chi connectivity index (χ0v) is 22.3. The van der Waals surface area contributed by atoms with E-state index in [1.54, 1.807) is 12.1 Å². The normalized spacial score (nSPS) is 24.8. The molecule has 2 atom stereocenters. The summed E-state index contributed by atoms with van der Waals surface area (Å²) >= 11 is 0. The maximum atomic E-state index is 15.0. The average molecular weight is 531 g/mol. The van der Waals surface area contributed by atoms with Crippen LogP contribution in [0, 0.1) is 29.3 Å². The molecule has 2 unspecified atom stereocenters. The van der Waals surface area contributed by atoms with Crippen LogP contribution >= 0.6 is 0 Å². The molecule has 0 spiro atoms. The molecule has 38 heavy (non-hydrogen) atoms. The van der Waals surface area contributed by atoms with E-state index < -0.39 is 29.0 Å². The molecule has 7 heteroatoms. The van der Waals surface area contributed by atoms with Crippen molar-refractivity contribution in [2.75, 3.05) is 6.61 Å². The van der Waals surface area contributed by atoms with Crippen molar-refractivity contribution in [1.29, 1.82) is 0 Å². The first-order chi connectivity index (χ1) is 18.4. The summed E-state index contributed by atoms with van der Waals surface area (Å²) in [5.74, 6) is -3.37. The lowest BCUT2D eigenvalue weighted by Gasteiger charge is -2.37. The molecular formula is C31H37F3O4. The molecule has 2 fully saturated rings. The summed E-state index contributed by atoms with van der Waals surface area (Å²) in [7, 11) is 0. The Morgan fingerprint density at radius 3 is 2.37 bits per heavy atom. The Bertz CT molecular complexity index is 1160. The van der Waals surface area contributed by atoms with Crippen molar-refractivity contribution < 1.29 is 32.2 Å². The van der Waals surface area contributed by atoms with E-state index in [1.165, 1.54) is 25.3 Å². The highest BCUT2D eigenvalue weighted by Gasteiger charge is 2.34. The second-order valence-corrected chi connectivity index (χ2v) is 11.1. The second-order valence-electron chi connectivity index (χ2n) is 11.1. The first-order valence-electron chi connectivity index (χ1n) is 14.2. The maximum Gasteiger partial charge on any atom is 0.341 e. The SMILES string of the molecule is CCCc1ccc2c(c1F)Oc1c(cc(C(=O)OC3CCC(C4CCC(CCC)CO4)CC3)c(F)c1F)C2. The highest BCUT2D eigenvalue weighted by atomic mass is 19.2. The van der Waals surface area contributed by atoms with E-state index in [-0.39, 0.29) is 30.1 Å². The van der Waals surface area contributed by atoms with Crippen molar-refractivity contribution in [3.63, 3.8) is 0 Å². The van der Waals surface area contributed by atoms with Crippen LogP contribution in [0.5, 0.6) is 11.5 Å². The molecular weight excluding hydrogens is 493 g/mol. The first kappa shape index (κ1) is 27.0. The van der Waals surface area contributed by atoms with Gasteiger partial charge in [0.05, 0.1) is 11.7 Å². The second kappa shape index (κ2) is 11.7. The molecule has 1 saturated carbocycles. The van der Waals surface area contributed by atoms with Crippen LogP contribution in [0.25, 0.3) is 0 Å². The molecule has 2 aromatic rings. The lowest BCUT2D eigenvalue weighted by atomic mass is 9.80. The Kier molecular flexibility index (Phi) is 8.32. The van der Waals surface area contributed by atoms with Crippen molar-refractivity contribution in [2.45, 2.75) is 96.7 Å². The molecule has 1 saturated heterocycles. The molecule has 3 aliphatic rings. The van der Waals surface area contributed by atoms with Crippen LogP contribution < -0.4 is 4.74 Å². The number of fused-ring (bicyclic) bond motifs is 2. The molecule has 0 radical (unpaired) electrons. The van der Waals surface area contributed by atoms with Crippen LogP contribution in [0.3, 0.4) is 0 Å². The van der Waals surface area contributed by atoms with Gasteiger partial charge in [-0.3, -0.25) is 0 Å². The number of carbonyl (C=O) groups is 1. The van der Waals surface area contributed by atoms with Crippen molar-refractivity contribution in [2.24, 2.45) is 11.8 Å². The summed E-state index contributed by atoms with van der Waals surface area (Å²) in [6.45, 7) is 4.97. The Morgan fingerprint density at radius 1 is 0.921 bits per heavy atom. The van der Waals surface area contributed by atoms with E-state index in [1.807, 2.05) is 6.92 Å². The van der Waals surface area contributed by atoms with Gasteiger partial charge in [-0.15, -0.1) is 0 Å². The highest BCUT2D eigenvalue weighted by molar-refractivity contribution is 5.90. The zero-order chi connectivity index (χ0) is 26.8. The van der Waals surface area contributed by atoms with Gasteiger partial charge in [0, 0.05) is 24.2 Å². The van der Waals surface area contributed by atoms with Gasteiger partial charge in [-0.25, -0.2) is 13.6 Å². The standard InChI is InChI=1S/C31H37F3O4/c1-3-5-18-7-14-25(36-17-18)19-10-12-23(13-11-19)37-31(35)24-16-22-15-21-9-8-20(6-4-2)26(32)29(21)38-30(22)28(34)27(24)33/h8-9,16,18-19,23,25H,3-7,10-15,17H2,1-2H3. The molecule has 2 aliphatic heterocycles. The summed E-state index contributed by atoms with van der Waals surface area (Å²) in [4.78, 5) is 12.9. The lowest BCUT2D eigenvalue weighted by Crippen LogP contribution is -2.36. The van der Waals surface area contributed by atoms with Gasteiger partial charge in [0.15, 0.2) is 23.1 Å². The number of aryl methyl sites for hydroxylation is 1. The zero-order valence-electron chi connectivity index (χ0n) is 22.3. The minimum absolute atomic E-state index is 0.0725. The van der Waals surface area contributed by atoms with E-state index in [0.29, 0.717) is 47.8 Å². The maximum absolute atomic E-state index is 15.0. The minimum Gasteiger partial charge on any atom is -0.459 e. The third kappa shape index (κ3) is 5.45. The molecule has 206 valence electrons. The molecule has 0 bridgehead atoms. The van der Waals surface area contributed by atoms with Gasteiger partial charge < -0.3 is 14.2 Å². The highest BCUT2D eigenvalue weighted by Crippen LogP contribution is 2.43. The summed E-state index contributed by atoms with van der Waals surface area (Å²) in [5, 5.41) is 0. The van der Waals surface area contributed by atoms with Crippen molar-refractivity contribution in [1.82, 2.24) is 0 Å². The van der Waals surface area contributed by atoms with Gasteiger partial charge >= 0.3 is 5.97 Å². The molecule has 4 nitrogen and oxygen atoms in total. The number of benzene rings is 2. The smallest absolute Gasteiger partial charge is 0.341 e. The minimum atomic E-state index is -1.33. The van der Waals surface area contributed by atoms with E-state index in [2.05, 4.69) is 6.92 Å². The summed E-state index contributed by atoms with van der Waals surface area (Å²) in [5.41, 5.74) is 0.854. The van der Waals surface area contributed by atoms with Gasteiger partial charge in [0.1, 0.15) is 6.10 Å². The molecule has 0 amide bonds. The fourth-order valence-corrected chi connectivity index (χ4v) is 6.34. The quantitative estimate of drug-likeness (QED) is 0.290. The Morgan fingerprint density at radius 2 is 1.68 bits per heavy atom. The van der Waals surface area contributed by atoms with Gasteiger partial charge in [-0.2, -0.15) is 4.39 Å². The number of hydrogen-bond acceptors (Lipinski definition) is 4. The number of esters is 1. The molecule has 2 heterocycles. The monoisotopic (exact) mass is 530 g/mol. The van der Waals surface area contributed by atoms with Crippen molar-refractivity contribution in [3.8, 4) is 11.5 Å². The van der Waals surface area contributed by atoms with E-state index >= 15 is 4.39 Å². The first-order valence-corrected chi connectivity index (χ1v) is 14.2. The number of rotatable bonds is 7. The third-order valence-corrected chi connectivity index (χ3v) is 8.44. The lowest BCUT2D eigenvalue weighted by molar-refractivity contribution is -0.0660. The van der Waals surface area contributed by atoms with E-state index in [4.69, 9.17) is 14.2 Å². The molecule has 1 aliphatic carbocycles. The van der Waals surface area contributed by atoms with Crippen LogP contribution in [-0.4, -0.2) is 24.8 Å². The largest absolute Gasteiger partial charge is 0.459 e. The van der Waals surface area contributed by atoms with Gasteiger partial charge in [0.2, 0.25) is 5.82 Å². The molecule has 0 aromatic heterocycles. The third-order valence-electron chi connectivity index (χ3n) is 8.44. The summed E-state index contributed by atoms with van der Waals surface area (Å²) in [6.07, 6.45) is 9.14. The average Bonchev–Trinajstić information content (AvgIpc) is 2.93. The Labute approximate surface area is 222 Å².